The number of β-amino-alcohol motifs (C(OH)–C–C–N with tert-alkyl or cyclic N) is 1. The third kappa shape index (κ3) is 3.57. The third-order valence-corrected chi connectivity index (χ3v) is 4.78. The molecule has 1 saturated heterocycles. The SMILES string of the molecule is O=C(OCc1ccccc1)N1CCC(O)(c2ccccc2Br)C1. The van der Waals surface area contributed by atoms with Gasteiger partial charge >= 0.3 is 6.09 Å². The Morgan fingerprint density at radius 1 is 1.17 bits per heavy atom. The van der Waals surface area contributed by atoms with E-state index in [4.69, 9.17) is 4.74 Å². The minimum atomic E-state index is -1.04. The van der Waals surface area contributed by atoms with E-state index in [9.17, 15) is 9.90 Å². The van der Waals surface area contributed by atoms with Crippen molar-refractivity contribution in [3.05, 3.63) is 70.2 Å². The number of halogens is 1. The van der Waals surface area contributed by atoms with Crippen molar-refractivity contribution >= 4 is 22.0 Å². The minimum Gasteiger partial charge on any atom is -0.445 e. The molecule has 1 N–H and O–H groups in total. The van der Waals surface area contributed by atoms with Crippen LogP contribution in [0.25, 0.3) is 0 Å². The molecule has 1 aliphatic heterocycles. The second-order valence-corrected chi connectivity index (χ2v) is 6.58. The van der Waals surface area contributed by atoms with Gasteiger partial charge in [0.05, 0.1) is 6.54 Å². The van der Waals surface area contributed by atoms with E-state index in [2.05, 4.69) is 15.9 Å². The Kier molecular flexibility index (Phi) is 4.68. The maximum Gasteiger partial charge on any atom is 0.410 e. The summed E-state index contributed by atoms with van der Waals surface area (Å²) in [5.41, 5.74) is 0.714. The van der Waals surface area contributed by atoms with E-state index < -0.39 is 11.7 Å². The number of rotatable bonds is 3. The summed E-state index contributed by atoms with van der Waals surface area (Å²) < 4.78 is 6.18. The number of hydrogen-bond acceptors (Lipinski definition) is 3. The lowest BCUT2D eigenvalue weighted by Crippen LogP contribution is -2.34. The first-order valence-corrected chi connectivity index (χ1v) is 8.31. The van der Waals surface area contributed by atoms with Crippen molar-refractivity contribution in [3.8, 4) is 0 Å². The zero-order valence-electron chi connectivity index (χ0n) is 12.6. The second-order valence-electron chi connectivity index (χ2n) is 5.72. The van der Waals surface area contributed by atoms with E-state index in [1.54, 1.807) is 4.90 Å². The van der Waals surface area contributed by atoms with Crippen LogP contribution < -0.4 is 0 Å². The molecular weight excluding hydrogens is 358 g/mol. The molecule has 3 rings (SSSR count). The van der Waals surface area contributed by atoms with Gasteiger partial charge in [0, 0.05) is 11.0 Å². The maximum absolute atomic E-state index is 12.2. The first kappa shape index (κ1) is 16.0. The van der Waals surface area contributed by atoms with Crippen LogP contribution in [0.1, 0.15) is 17.5 Å². The predicted octanol–water partition coefficient (Wildman–Crippen LogP) is 3.68. The van der Waals surface area contributed by atoms with Gasteiger partial charge in [-0.2, -0.15) is 0 Å². The summed E-state index contributed by atoms with van der Waals surface area (Å²) in [5.74, 6) is 0. The fourth-order valence-corrected chi connectivity index (χ4v) is 3.47. The molecular formula is C18H18BrNO3. The second kappa shape index (κ2) is 6.72. The lowest BCUT2D eigenvalue weighted by molar-refractivity contribution is 0.0401. The van der Waals surface area contributed by atoms with Crippen LogP contribution in [0, 0.1) is 0 Å². The predicted molar refractivity (Wildman–Crippen MR) is 90.9 cm³/mol. The number of amides is 1. The van der Waals surface area contributed by atoms with Crippen LogP contribution in [-0.2, 0) is 16.9 Å². The van der Waals surface area contributed by atoms with Gasteiger partial charge in [-0.3, -0.25) is 0 Å². The van der Waals surface area contributed by atoms with Gasteiger partial charge in [-0.1, -0.05) is 64.5 Å². The Bertz CT molecular complexity index is 692. The molecule has 0 aromatic heterocycles. The van der Waals surface area contributed by atoms with Gasteiger partial charge in [0.15, 0.2) is 0 Å². The van der Waals surface area contributed by atoms with Gasteiger partial charge in [0.2, 0.25) is 0 Å². The molecule has 2 aromatic carbocycles. The fourth-order valence-electron chi connectivity index (χ4n) is 2.82. The minimum absolute atomic E-state index is 0.239. The number of benzene rings is 2. The molecule has 0 bridgehead atoms. The lowest BCUT2D eigenvalue weighted by Gasteiger charge is -2.24. The highest BCUT2D eigenvalue weighted by atomic mass is 79.9. The van der Waals surface area contributed by atoms with Crippen LogP contribution >= 0.6 is 15.9 Å². The molecule has 0 saturated carbocycles. The standard InChI is InChI=1S/C18H18BrNO3/c19-16-9-5-4-8-15(16)18(22)10-11-20(13-18)17(21)23-12-14-6-2-1-3-7-14/h1-9,22H,10-13H2. The molecule has 23 heavy (non-hydrogen) atoms. The van der Waals surface area contributed by atoms with Gasteiger partial charge < -0.3 is 14.7 Å². The Morgan fingerprint density at radius 3 is 2.61 bits per heavy atom. The van der Waals surface area contributed by atoms with E-state index >= 15 is 0 Å². The zero-order valence-corrected chi connectivity index (χ0v) is 14.2. The number of hydrogen-bond donors (Lipinski definition) is 1. The Hall–Kier alpha value is -1.85. The number of carbonyl (C=O) groups excluding carboxylic acids is 1. The van der Waals surface area contributed by atoms with E-state index in [-0.39, 0.29) is 13.2 Å². The number of carbonyl (C=O) groups is 1. The summed E-state index contributed by atoms with van der Waals surface area (Å²) in [6, 6.07) is 17.1. The van der Waals surface area contributed by atoms with Crippen molar-refractivity contribution in [2.45, 2.75) is 18.6 Å². The molecule has 2 aromatic rings. The summed E-state index contributed by atoms with van der Waals surface area (Å²) in [7, 11) is 0. The van der Waals surface area contributed by atoms with Crippen molar-refractivity contribution in [2.24, 2.45) is 0 Å². The molecule has 0 radical (unpaired) electrons. The van der Waals surface area contributed by atoms with Gasteiger partial charge in [0.25, 0.3) is 0 Å². The highest BCUT2D eigenvalue weighted by Crippen LogP contribution is 2.36. The normalized spacial score (nSPS) is 20.5. The molecule has 1 aliphatic rings. The summed E-state index contributed by atoms with van der Waals surface area (Å²) in [6.45, 7) is 0.957. The summed E-state index contributed by atoms with van der Waals surface area (Å²) in [5, 5.41) is 10.9. The third-order valence-electron chi connectivity index (χ3n) is 4.09. The summed E-state index contributed by atoms with van der Waals surface area (Å²) >= 11 is 3.47. The van der Waals surface area contributed by atoms with Gasteiger partial charge in [-0.15, -0.1) is 0 Å². The van der Waals surface area contributed by atoms with Gasteiger partial charge in [-0.25, -0.2) is 4.79 Å². The first-order chi connectivity index (χ1) is 11.1. The van der Waals surface area contributed by atoms with Crippen LogP contribution in [0.5, 0.6) is 0 Å². The molecule has 1 amide bonds. The van der Waals surface area contributed by atoms with Crippen molar-refractivity contribution in [2.75, 3.05) is 13.1 Å². The van der Waals surface area contributed by atoms with Crippen molar-refractivity contribution in [1.82, 2.24) is 4.90 Å². The highest BCUT2D eigenvalue weighted by Gasteiger charge is 2.41. The molecule has 0 aliphatic carbocycles. The quantitative estimate of drug-likeness (QED) is 0.889. The maximum atomic E-state index is 12.2. The number of ether oxygens (including phenoxy) is 1. The average Bonchev–Trinajstić information content (AvgIpc) is 2.97. The lowest BCUT2D eigenvalue weighted by atomic mass is 9.93. The Labute approximate surface area is 143 Å². The van der Waals surface area contributed by atoms with Crippen LogP contribution in [0.4, 0.5) is 4.79 Å². The zero-order chi connectivity index (χ0) is 16.3. The highest BCUT2D eigenvalue weighted by molar-refractivity contribution is 9.10. The largest absolute Gasteiger partial charge is 0.445 e. The molecule has 120 valence electrons. The molecule has 5 heteroatoms. The monoisotopic (exact) mass is 375 g/mol. The van der Waals surface area contributed by atoms with Crippen LogP contribution in [0.15, 0.2) is 59.1 Å². The van der Waals surface area contributed by atoms with Crippen molar-refractivity contribution in [1.29, 1.82) is 0 Å². The number of likely N-dealkylation sites (tertiary alicyclic amines) is 1. The molecule has 1 atom stereocenters. The molecule has 1 unspecified atom stereocenters. The molecule has 4 nitrogen and oxygen atoms in total. The number of nitrogens with zero attached hydrogens (tertiary/aromatic N) is 1. The molecule has 1 fully saturated rings. The van der Waals surface area contributed by atoms with Crippen LogP contribution in [-0.4, -0.2) is 29.2 Å². The van der Waals surface area contributed by atoms with Gasteiger partial charge in [-0.05, 0) is 23.6 Å². The van der Waals surface area contributed by atoms with Crippen LogP contribution in [0.2, 0.25) is 0 Å². The number of aliphatic hydroxyl groups is 1. The Morgan fingerprint density at radius 2 is 1.87 bits per heavy atom. The smallest absolute Gasteiger partial charge is 0.410 e. The topological polar surface area (TPSA) is 49.8 Å². The summed E-state index contributed by atoms with van der Waals surface area (Å²) in [6.07, 6.45) is 0.104. The molecule has 0 spiro atoms. The van der Waals surface area contributed by atoms with Crippen LogP contribution in [0.3, 0.4) is 0 Å². The summed E-state index contributed by atoms with van der Waals surface area (Å²) in [4.78, 5) is 13.8. The Balaban J connectivity index is 1.63. The van der Waals surface area contributed by atoms with Crippen molar-refractivity contribution in [3.63, 3.8) is 0 Å². The average molecular weight is 376 g/mol. The molecule has 1 heterocycles. The van der Waals surface area contributed by atoms with E-state index in [0.717, 1.165) is 15.6 Å². The van der Waals surface area contributed by atoms with E-state index in [1.165, 1.54) is 0 Å². The fraction of sp³-hybridized carbons (Fsp3) is 0.278. The van der Waals surface area contributed by atoms with E-state index in [0.29, 0.717) is 13.0 Å². The van der Waals surface area contributed by atoms with Gasteiger partial charge in [0.1, 0.15) is 12.2 Å². The van der Waals surface area contributed by atoms with E-state index in [1.807, 2.05) is 54.6 Å². The van der Waals surface area contributed by atoms with Crippen molar-refractivity contribution < 1.29 is 14.6 Å². The first-order valence-electron chi connectivity index (χ1n) is 7.51.